The average Bonchev–Trinajstić information content (AvgIpc) is 3.42. The molecule has 1 saturated heterocycles. The highest BCUT2D eigenvalue weighted by Crippen LogP contribution is 2.30. The number of nitrogens with zero attached hydrogens (tertiary/aromatic N) is 4. The second-order valence-corrected chi connectivity index (χ2v) is 7.09. The fraction of sp³-hybridized carbons (Fsp3) is 0.421. The first kappa shape index (κ1) is 16.3. The molecule has 1 aromatic carbocycles. The largest absolute Gasteiger partial charge is 0.378 e. The van der Waals surface area contributed by atoms with Gasteiger partial charge in [-0.15, -0.1) is 0 Å². The second kappa shape index (κ2) is 7.03. The number of nitrogens with one attached hydrogen (secondary N) is 3. The summed E-state index contributed by atoms with van der Waals surface area (Å²) in [6.45, 7) is 4.38. The van der Waals surface area contributed by atoms with Gasteiger partial charge in [0.05, 0.1) is 19.5 Å². The third kappa shape index (κ3) is 3.66. The number of imidazole rings is 1. The third-order valence-electron chi connectivity index (χ3n) is 5.04. The molecule has 0 spiro atoms. The molecule has 1 aliphatic carbocycles. The number of aromatic nitrogens is 4. The van der Waals surface area contributed by atoms with Gasteiger partial charge in [-0.05, 0) is 43.0 Å². The Labute approximate surface area is 157 Å². The van der Waals surface area contributed by atoms with Gasteiger partial charge in [0.25, 0.3) is 0 Å². The van der Waals surface area contributed by atoms with E-state index in [1.165, 1.54) is 18.5 Å². The van der Waals surface area contributed by atoms with Crippen LogP contribution in [0, 0.1) is 5.92 Å². The lowest BCUT2D eigenvalue weighted by Crippen LogP contribution is -2.36. The van der Waals surface area contributed by atoms with Crippen molar-refractivity contribution in [2.75, 3.05) is 48.4 Å². The smallest absolute Gasteiger partial charge is 0.231 e. The zero-order chi connectivity index (χ0) is 18.1. The summed E-state index contributed by atoms with van der Waals surface area (Å²) in [5.41, 5.74) is 3.67. The van der Waals surface area contributed by atoms with Crippen molar-refractivity contribution in [3.63, 3.8) is 0 Å². The predicted octanol–water partition coefficient (Wildman–Crippen LogP) is 2.76. The summed E-state index contributed by atoms with van der Waals surface area (Å²) in [6.07, 6.45) is 4.25. The van der Waals surface area contributed by atoms with Crippen molar-refractivity contribution < 1.29 is 4.74 Å². The molecule has 8 heteroatoms. The van der Waals surface area contributed by atoms with Crippen molar-refractivity contribution in [2.45, 2.75) is 12.8 Å². The Balaban J connectivity index is 1.34. The Hall–Kier alpha value is -2.87. The minimum atomic E-state index is 0.548. The van der Waals surface area contributed by atoms with Gasteiger partial charge in [-0.2, -0.15) is 9.97 Å². The molecule has 8 nitrogen and oxygen atoms in total. The number of hydrogen-bond donors (Lipinski definition) is 3. The molecule has 3 heterocycles. The van der Waals surface area contributed by atoms with Gasteiger partial charge in [0.1, 0.15) is 5.52 Å². The molecule has 0 radical (unpaired) electrons. The molecule has 2 aliphatic rings. The second-order valence-electron chi connectivity index (χ2n) is 7.09. The third-order valence-corrected chi connectivity index (χ3v) is 5.04. The summed E-state index contributed by atoms with van der Waals surface area (Å²) in [5.74, 6) is 2.12. The number of H-pyrrole nitrogens is 1. The lowest BCUT2D eigenvalue weighted by atomic mass is 10.2. The number of rotatable bonds is 6. The summed E-state index contributed by atoms with van der Waals surface area (Å²) in [4.78, 5) is 18.9. The first-order valence-electron chi connectivity index (χ1n) is 9.50. The van der Waals surface area contributed by atoms with Gasteiger partial charge in [-0.25, -0.2) is 4.98 Å². The average molecular weight is 365 g/mol. The Morgan fingerprint density at radius 1 is 1.11 bits per heavy atom. The first-order chi connectivity index (χ1) is 13.3. The molecule has 0 amide bonds. The molecular formula is C19H23N7O. The van der Waals surface area contributed by atoms with E-state index < -0.39 is 0 Å². The summed E-state index contributed by atoms with van der Waals surface area (Å²) in [6, 6.07) is 8.35. The predicted molar refractivity (Wildman–Crippen MR) is 106 cm³/mol. The van der Waals surface area contributed by atoms with Gasteiger partial charge in [0, 0.05) is 31.0 Å². The minimum absolute atomic E-state index is 0.548. The van der Waals surface area contributed by atoms with E-state index in [1.54, 1.807) is 6.33 Å². The molecule has 27 heavy (non-hydrogen) atoms. The summed E-state index contributed by atoms with van der Waals surface area (Å²) < 4.78 is 5.42. The van der Waals surface area contributed by atoms with Crippen LogP contribution < -0.4 is 15.5 Å². The number of aromatic amines is 1. The Morgan fingerprint density at radius 3 is 2.70 bits per heavy atom. The molecule has 1 saturated carbocycles. The van der Waals surface area contributed by atoms with Crippen LogP contribution in [0.2, 0.25) is 0 Å². The monoisotopic (exact) mass is 365 g/mol. The zero-order valence-corrected chi connectivity index (χ0v) is 15.1. The van der Waals surface area contributed by atoms with E-state index in [2.05, 4.69) is 59.7 Å². The Bertz CT molecular complexity index is 913. The lowest BCUT2D eigenvalue weighted by molar-refractivity contribution is 0.122. The van der Waals surface area contributed by atoms with E-state index in [0.29, 0.717) is 11.6 Å². The maximum absolute atomic E-state index is 5.42. The molecule has 3 N–H and O–H groups in total. The SMILES string of the molecule is c1nc2nc(Nc3ccc(N4CCOCC4)cc3)nc(NCC3CC3)c2[nH]1. The van der Waals surface area contributed by atoms with Crippen molar-refractivity contribution >= 4 is 34.3 Å². The fourth-order valence-corrected chi connectivity index (χ4v) is 3.29. The molecule has 140 valence electrons. The molecular weight excluding hydrogens is 342 g/mol. The van der Waals surface area contributed by atoms with Crippen LogP contribution in [0.4, 0.5) is 23.1 Å². The van der Waals surface area contributed by atoms with Crippen LogP contribution >= 0.6 is 0 Å². The fourth-order valence-electron chi connectivity index (χ4n) is 3.29. The van der Waals surface area contributed by atoms with E-state index in [0.717, 1.165) is 55.8 Å². The zero-order valence-electron chi connectivity index (χ0n) is 15.1. The van der Waals surface area contributed by atoms with Gasteiger partial charge in [0.15, 0.2) is 11.5 Å². The van der Waals surface area contributed by atoms with E-state index in [1.807, 2.05) is 0 Å². The van der Waals surface area contributed by atoms with Crippen molar-refractivity contribution in [3.8, 4) is 0 Å². The Kier molecular flexibility index (Phi) is 4.25. The summed E-state index contributed by atoms with van der Waals surface area (Å²) in [5, 5.41) is 6.73. The van der Waals surface area contributed by atoms with E-state index in [4.69, 9.17) is 4.74 Å². The standard InChI is InChI=1S/C19H23N7O/c1-2-13(1)11-20-17-16-18(22-12-21-16)25-19(24-17)23-14-3-5-15(6-4-14)26-7-9-27-10-8-26/h3-6,12-13H,1-2,7-11H2,(H3,20,21,22,23,24,25). The number of fused-ring (bicyclic) bond motifs is 1. The molecule has 0 atom stereocenters. The summed E-state index contributed by atoms with van der Waals surface area (Å²) in [7, 11) is 0. The van der Waals surface area contributed by atoms with Crippen molar-refractivity contribution in [3.05, 3.63) is 30.6 Å². The van der Waals surface area contributed by atoms with Crippen LogP contribution in [0.3, 0.4) is 0 Å². The van der Waals surface area contributed by atoms with Crippen LogP contribution in [0.5, 0.6) is 0 Å². The van der Waals surface area contributed by atoms with E-state index in [-0.39, 0.29) is 0 Å². The van der Waals surface area contributed by atoms with Gasteiger partial charge in [-0.3, -0.25) is 0 Å². The maximum Gasteiger partial charge on any atom is 0.231 e. The highest BCUT2D eigenvalue weighted by atomic mass is 16.5. The number of hydrogen-bond acceptors (Lipinski definition) is 7. The number of anilines is 4. The Morgan fingerprint density at radius 2 is 1.93 bits per heavy atom. The highest BCUT2D eigenvalue weighted by molar-refractivity contribution is 5.84. The van der Waals surface area contributed by atoms with Gasteiger partial charge in [-0.1, -0.05) is 0 Å². The molecule has 5 rings (SSSR count). The topological polar surface area (TPSA) is 91.0 Å². The number of benzene rings is 1. The molecule has 2 fully saturated rings. The van der Waals surface area contributed by atoms with Crippen LogP contribution in [0.25, 0.3) is 11.2 Å². The molecule has 3 aromatic rings. The van der Waals surface area contributed by atoms with Gasteiger partial charge >= 0.3 is 0 Å². The van der Waals surface area contributed by atoms with Crippen LogP contribution in [-0.2, 0) is 4.74 Å². The molecule has 2 aromatic heterocycles. The summed E-state index contributed by atoms with van der Waals surface area (Å²) >= 11 is 0. The quantitative estimate of drug-likeness (QED) is 0.619. The van der Waals surface area contributed by atoms with Gasteiger partial charge < -0.3 is 25.3 Å². The number of morpholine rings is 1. The van der Waals surface area contributed by atoms with Crippen LogP contribution in [0.1, 0.15) is 12.8 Å². The van der Waals surface area contributed by atoms with Crippen LogP contribution in [0.15, 0.2) is 30.6 Å². The van der Waals surface area contributed by atoms with E-state index >= 15 is 0 Å². The maximum atomic E-state index is 5.42. The van der Waals surface area contributed by atoms with Gasteiger partial charge in [0.2, 0.25) is 5.95 Å². The molecule has 1 aliphatic heterocycles. The van der Waals surface area contributed by atoms with Crippen LogP contribution in [-0.4, -0.2) is 52.8 Å². The van der Waals surface area contributed by atoms with E-state index in [9.17, 15) is 0 Å². The normalized spacial score (nSPS) is 17.3. The molecule has 0 bridgehead atoms. The lowest BCUT2D eigenvalue weighted by Gasteiger charge is -2.28. The molecule has 0 unspecified atom stereocenters. The van der Waals surface area contributed by atoms with Crippen molar-refractivity contribution in [1.29, 1.82) is 0 Å². The number of ether oxygens (including phenoxy) is 1. The van der Waals surface area contributed by atoms with Crippen molar-refractivity contribution in [1.82, 2.24) is 19.9 Å². The minimum Gasteiger partial charge on any atom is -0.378 e. The highest BCUT2D eigenvalue weighted by Gasteiger charge is 2.21. The van der Waals surface area contributed by atoms with Crippen molar-refractivity contribution in [2.24, 2.45) is 5.92 Å². The first-order valence-corrected chi connectivity index (χ1v) is 9.50.